The third-order valence-electron chi connectivity index (χ3n) is 2.24. The number of aliphatic imine (C=N–C) groups is 1. The van der Waals surface area contributed by atoms with Crippen molar-refractivity contribution in [2.24, 2.45) is 4.99 Å². The summed E-state index contributed by atoms with van der Waals surface area (Å²) < 4.78 is 35.8. The van der Waals surface area contributed by atoms with E-state index in [1.807, 2.05) is 13.0 Å². The molecule has 2 aromatic rings. The van der Waals surface area contributed by atoms with E-state index in [-0.39, 0.29) is 4.90 Å². The van der Waals surface area contributed by atoms with Crippen LogP contribution in [0.25, 0.3) is 0 Å². The van der Waals surface area contributed by atoms with Crippen molar-refractivity contribution in [1.29, 1.82) is 0 Å². The van der Waals surface area contributed by atoms with Gasteiger partial charge in [0, 0.05) is 0 Å². The van der Waals surface area contributed by atoms with Crippen LogP contribution in [0.3, 0.4) is 0 Å². The molecule has 0 saturated heterocycles. The number of furan rings is 1. The molecule has 0 aliphatic heterocycles. The highest BCUT2D eigenvalue weighted by atomic mass is 32.2. The first-order chi connectivity index (χ1) is 8.45. The van der Waals surface area contributed by atoms with Crippen LogP contribution >= 0.6 is 0 Å². The average molecular weight is 265 g/mol. The van der Waals surface area contributed by atoms with Gasteiger partial charge in [0.25, 0.3) is 10.1 Å². The molecule has 0 radical (unpaired) electrons. The Balaban J connectivity index is 2.18. The molecule has 2 rings (SSSR count). The van der Waals surface area contributed by atoms with Crippen molar-refractivity contribution < 1.29 is 17.4 Å². The molecular weight excluding hydrogens is 254 g/mol. The highest BCUT2D eigenvalue weighted by Gasteiger charge is 2.07. The Morgan fingerprint density at radius 1 is 1.17 bits per heavy atom. The number of benzene rings is 1. The Morgan fingerprint density at radius 3 is 2.33 bits per heavy atom. The summed E-state index contributed by atoms with van der Waals surface area (Å²) in [5, 5.41) is 0. The van der Waals surface area contributed by atoms with Crippen LogP contribution < -0.4 is 0 Å². The van der Waals surface area contributed by atoms with E-state index in [0.717, 1.165) is 5.76 Å². The van der Waals surface area contributed by atoms with E-state index in [4.69, 9.17) is 8.97 Å². The van der Waals surface area contributed by atoms with Gasteiger partial charge >= 0.3 is 0 Å². The van der Waals surface area contributed by atoms with E-state index >= 15 is 0 Å². The lowest BCUT2D eigenvalue weighted by molar-refractivity contribution is 0.483. The summed E-state index contributed by atoms with van der Waals surface area (Å²) in [5.41, 5.74) is 0.566. The van der Waals surface area contributed by atoms with E-state index in [0.29, 0.717) is 11.4 Å². The molecule has 0 saturated carbocycles. The van der Waals surface area contributed by atoms with Crippen molar-refractivity contribution in [3.05, 3.63) is 47.9 Å². The first kappa shape index (κ1) is 12.5. The highest BCUT2D eigenvalue weighted by Crippen LogP contribution is 2.16. The molecule has 0 bridgehead atoms. The summed E-state index contributed by atoms with van der Waals surface area (Å²) in [6.07, 6.45) is 1.54. The van der Waals surface area contributed by atoms with Crippen molar-refractivity contribution in [1.82, 2.24) is 0 Å². The summed E-state index contributed by atoms with van der Waals surface area (Å²) >= 11 is 0. The van der Waals surface area contributed by atoms with Crippen molar-refractivity contribution in [3.8, 4) is 0 Å². The largest absolute Gasteiger partial charge is 0.460 e. The Labute approximate surface area is 105 Å². The van der Waals surface area contributed by atoms with Crippen molar-refractivity contribution in [2.75, 3.05) is 0 Å². The zero-order chi connectivity index (χ0) is 13.2. The fourth-order valence-corrected chi connectivity index (χ4v) is 1.85. The summed E-state index contributed by atoms with van der Waals surface area (Å²) in [7, 11) is -4.15. The standard InChI is InChI=1S/C12H11NO4S/c1-9-2-5-11(17-9)8-13-10-3-6-12(7-4-10)18(14,15)16/h2-8H,1H3,(H,14,15,16). The topological polar surface area (TPSA) is 79.9 Å². The highest BCUT2D eigenvalue weighted by molar-refractivity contribution is 7.85. The van der Waals surface area contributed by atoms with E-state index in [9.17, 15) is 8.42 Å². The lowest BCUT2D eigenvalue weighted by Gasteiger charge is -1.96. The number of rotatable bonds is 3. The molecule has 0 atom stereocenters. The maximum absolute atomic E-state index is 10.8. The van der Waals surface area contributed by atoms with Gasteiger partial charge in [0.05, 0.1) is 16.8 Å². The fraction of sp³-hybridized carbons (Fsp3) is 0.0833. The first-order valence-corrected chi connectivity index (χ1v) is 6.57. The monoisotopic (exact) mass is 265 g/mol. The molecule has 0 unspecified atom stereocenters. The summed E-state index contributed by atoms with van der Waals surface area (Å²) in [4.78, 5) is 3.96. The second-order valence-electron chi connectivity index (χ2n) is 3.68. The van der Waals surface area contributed by atoms with Gasteiger partial charge < -0.3 is 4.42 Å². The number of nitrogens with zero attached hydrogens (tertiary/aromatic N) is 1. The fourth-order valence-electron chi connectivity index (χ4n) is 1.37. The third-order valence-corrected chi connectivity index (χ3v) is 3.10. The van der Waals surface area contributed by atoms with Gasteiger partial charge in [-0.1, -0.05) is 0 Å². The first-order valence-electron chi connectivity index (χ1n) is 5.13. The van der Waals surface area contributed by atoms with Gasteiger partial charge in [0.15, 0.2) is 0 Å². The predicted molar refractivity (Wildman–Crippen MR) is 67.0 cm³/mol. The Hall–Kier alpha value is -1.92. The van der Waals surface area contributed by atoms with Crippen LogP contribution in [0.5, 0.6) is 0 Å². The van der Waals surface area contributed by atoms with Crippen molar-refractivity contribution in [2.45, 2.75) is 11.8 Å². The minimum atomic E-state index is -4.15. The average Bonchev–Trinajstić information content (AvgIpc) is 2.72. The van der Waals surface area contributed by atoms with E-state index in [1.165, 1.54) is 30.5 Å². The van der Waals surface area contributed by atoms with Crippen molar-refractivity contribution >= 4 is 22.0 Å². The molecule has 0 aliphatic carbocycles. The zero-order valence-electron chi connectivity index (χ0n) is 9.57. The number of hydrogen-bond acceptors (Lipinski definition) is 4. The Morgan fingerprint density at radius 2 is 1.83 bits per heavy atom. The molecule has 0 aliphatic rings. The van der Waals surface area contributed by atoms with Crippen LogP contribution in [0, 0.1) is 6.92 Å². The molecule has 1 aromatic heterocycles. The molecule has 6 heteroatoms. The maximum atomic E-state index is 10.8. The lowest BCUT2D eigenvalue weighted by atomic mass is 10.3. The molecule has 5 nitrogen and oxygen atoms in total. The van der Waals surface area contributed by atoms with Gasteiger partial charge in [0.2, 0.25) is 0 Å². The quantitative estimate of drug-likeness (QED) is 0.683. The molecule has 0 spiro atoms. The molecule has 1 heterocycles. The molecule has 0 fully saturated rings. The van der Waals surface area contributed by atoms with Crippen LogP contribution in [-0.2, 0) is 10.1 Å². The van der Waals surface area contributed by atoms with Crippen LogP contribution in [0.1, 0.15) is 11.5 Å². The van der Waals surface area contributed by atoms with Gasteiger partial charge in [0.1, 0.15) is 11.5 Å². The third kappa shape index (κ3) is 3.06. The SMILES string of the molecule is Cc1ccc(C=Nc2ccc(S(=O)(=O)O)cc2)o1. The van der Waals surface area contributed by atoms with Crippen LogP contribution in [0.4, 0.5) is 5.69 Å². The minimum absolute atomic E-state index is 0.157. The van der Waals surface area contributed by atoms with Gasteiger partial charge in [-0.2, -0.15) is 8.42 Å². The van der Waals surface area contributed by atoms with Crippen molar-refractivity contribution in [3.63, 3.8) is 0 Å². The number of aryl methyl sites for hydroxylation is 1. The maximum Gasteiger partial charge on any atom is 0.294 e. The molecule has 1 N–H and O–H groups in total. The van der Waals surface area contributed by atoms with Crippen LogP contribution in [0.2, 0.25) is 0 Å². The van der Waals surface area contributed by atoms with Gasteiger partial charge in [-0.05, 0) is 43.3 Å². The van der Waals surface area contributed by atoms with Gasteiger partial charge in [-0.15, -0.1) is 0 Å². The summed E-state index contributed by atoms with van der Waals surface area (Å²) in [5.74, 6) is 1.41. The molecule has 94 valence electrons. The van der Waals surface area contributed by atoms with E-state index in [2.05, 4.69) is 4.99 Å². The smallest absolute Gasteiger partial charge is 0.294 e. The van der Waals surface area contributed by atoms with Crippen LogP contribution in [-0.4, -0.2) is 19.2 Å². The second-order valence-corrected chi connectivity index (χ2v) is 5.10. The second kappa shape index (κ2) is 4.75. The molecule has 0 amide bonds. The molecule has 18 heavy (non-hydrogen) atoms. The predicted octanol–water partition coefficient (Wildman–Crippen LogP) is 2.59. The summed E-state index contributed by atoms with van der Waals surface area (Å²) in [6, 6.07) is 9.17. The minimum Gasteiger partial charge on any atom is -0.460 e. The lowest BCUT2D eigenvalue weighted by Crippen LogP contribution is -1.96. The Kier molecular flexibility index (Phi) is 3.31. The van der Waals surface area contributed by atoms with Gasteiger partial charge in [-0.25, -0.2) is 0 Å². The van der Waals surface area contributed by atoms with Crippen LogP contribution in [0.15, 0.2) is 50.7 Å². The molecular formula is C12H11NO4S. The van der Waals surface area contributed by atoms with E-state index < -0.39 is 10.1 Å². The Bertz CT molecular complexity index is 668. The molecule has 1 aromatic carbocycles. The van der Waals surface area contributed by atoms with E-state index in [1.54, 1.807) is 6.07 Å². The number of hydrogen-bond donors (Lipinski definition) is 1. The normalized spacial score (nSPS) is 12.1. The summed E-state index contributed by atoms with van der Waals surface area (Å²) in [6.45, 7) is 1.83. The zero-order valence-corrected chi connectivity index (χ0v) is 10.4. The van der Waals surface area contributed by atoms with Gasteiger partial charge in [-0.3, -0.25) is 9.55 Å².